The van der Waals surface area contributed by atoms with Gasteiger partial charge in [0.2, 0.25) is 0 Å². The highest BCUT2D eigenvalue weighted by molar-refractivity contribution is 5.75. The second-order valence-corrected chi connectivity index (χ2v) is 25.5. The van der Waals surface area contributed by atoms with Crippen LogP contribution in [0.4, 0.5) is 0 Å². The van der Waals surface area contributed by atoms with Gasteiger partial charge in [-0.15, -0.1) is 0 Å². The van der Waals surface area contributed by atoms with Crippen molar-refractivity contribution in [1.29, 1.82) is 0 Å². The van der Waals surface area contributed by atoms with E-state index in [1.54, 1.807) is 121 Å². The van der Waals surface area contributed by atoms with Gasteiger partial charge in [-0.3, -0.25) is 0 Å². The number of carboxylic acids is 1. The molecule has 5 saturated heterocycles. The highest BCUT2D eigenvalue weighted by atomic mass is 16.8. The fraction of sp³-hybridized carbons (Fsp3) is 0.486. The van der Waals surface area contributed by atoms with Gasteiger partial charge in [-0.25, -0.2) is 9.59 Å². The number of rotatable bonds is 34. The van der Waals surface area contributed by atoms with E-state index in [2.05, 4.69) is 20.1 Å². The van der Waals surface area contributed by atoms with Crippen molar-refractivity contribution in [3.05, 3.63) is 236 Å². The molecule has 106 heavy (non-hydrogen) atoms. The number of aliphatic hydroxyl groups is 5. The van der Waals surface area contributed by atoms with Crippen molar-refractivity contribution < 1.29 is 121 Å². The fourth-order valence-electron chi connectivity index (χ4n) is 13.3. The second-order valence-electron chi connectivity index (χ2n) is 25.5. The number of aliphatic hydroxyl groups excluding tert-OH is 5. The molecule has 0 saturated carbocycles. The van der Waals surface area contributed by atoms with Crippen LogP contribution < -0.4 is 5.73 Å². The minimum Gasteiger partial charge on any atom is -0.479 e. The molecule has 6 aromatic rings. The van der Waals surface area contributed by atoms with Gasteiger partial charge in [0.15, 0.2) is 43.7 Å². The molecular weight excluding hydrogens is 1390 g/mol. The van der Waals surface area contributed by atoms with E-state index in [0.717, 1.165) is 18.2 Å². The lowest BCUT2D eigenvalue weighted by atomic mass is 9.94. The smallest absolute Gasteiger partial charge is 0.337 e. The van der Waals surface area contributed by atoms with Gasteiger partial charge < -0.3 is 117 Å². The van der Waals surface area contributed by atoms with E-state index in [9.17, 15) is 51.3 Å². The van der Waals surface area contributed by atoms with Gasteiger partial charge in [-0.1, -0.05) is 192 Å². The molecule has 8 N–H and O–H groups in total. The third-order valence-electron chi connectivity index (χ3n) is 18.7. The summed E-state index contributed by atoms with van der Waals surface area (Å²) in [6, 6.07) is 49.1. The van der Waals surface area contributed by atoms with E-state index in [0.29, 0.717) is 22.3 Å². The zero-order valence-corrected chi connectivity index (χ0v) is 57.8. The number of carbonyl (C=O) groups is 2. The summed E-state index contributed by atoms with van der Waals surface area (Å²) in [6.07, 6.45) is -36.1. The largest absolute Gasteiger partial charge is 0.479 e. The van der Waals surface area contributed by atoms with E-state index >= 15 is 0 Å². The molecule has 11 rings (SSSR count). The van der Waals surface area contributed by atoms with Crippen LogP contribution in [0.2, 0.25) is 0 Å². The van der Waals surface area contributed by atoms with Crippen molar-refractivity contribution in [3.63, 3.8) is 0 Å². The topological polar surface area (TPSA) is 436 Å². The van der Waals surface area contributed by atoms with Crippen LogP contribution in [0.15, 0.2) is 192 Å². The predicted molar refractivity (Wildman–Crippen MR) is 367 cm³/mol. The Balaban J connectivity index is 0.900. The Morgan fingerprint density at radius 3 is 1.17 bits per heavy atom. The summed E-state index contributed by atoms with van der Waals surface area (Å²) in [7, 11) is 2.35. The van der Waals surface area contributed by atoms with E-state index < -0.39 is 185 Å². The van der Waals surface area contributed by atoms with Crippen molar-refractivity contribution >= 4 is 11.9 Å². The van der Waals surface area contributed by atoms with E-state index in [1.165, 1.54) is 7.11 Å². The minimum absolute atomic E-state index is 0.00604. The monoisotopic (exact) mass is 1470 g/mol. The lowest BCUT2D eigenvalue weighted by Gasteiger charge is -2.51. The minimum atomic E-state index is -2.11. The first-order chi connectivity index (χ1) is 51.8. The van der Waals surface area contributed by atoms with Gasteiger partial charge in [0.1, 0.15) is 104 Å². The number of nitrogens with zero attached hydrogens (tertiary/aromatic N) is 6. The molecule has 0 spiro atoms. The van der Waals surface area contributed by atoms with E-state index in [1.807, 2.05) is 60.7 Å². The molecule has 568 valence electrons. The summed E-state index contributed by atoms with van der Waals surface area (Å²) in [5, 5.41) is 78.1. The molecule has 0 amide bonds. The van der Waals surface area contributed by atoms with Crippen molar-refractivity contribution in [1.82, 2.24) is 0 Å². The number of ether oxygens (including phenoxy) is 17. The Kier molecular flexibility index (Phi) is 29.2. The van der Waals surface area contributed by atoms with Crippen molar-refractivity contribution in [2.75, 3.05) is 34.0 Å². The Bertz CT molecular complexity index is 3740. The van der Waals surface area contributed by atoms with Gasteiger partial charge in [0.05, 0.1) is 72.6 Å². The Morgan fingerprint density at radius 1 is 0.396 bits per heavy atom. The van der Waals surface area contributed by atoms with Crippen LogP contribution >= 0.6 is 0 Å². The van der Waals surface area contributed by atoms with Crippen molar-refractivity contribution in [2.45, 2.75) is 193 Å². The number of hydrogen-bond donors (Lipinski definition) is 7. The van der Waals surface area contributed by atoms with Gasteiger partial charge in [-0.2, -0.15) is 0 Å². The predicted octanol–water partition coefficient (Wildman–Crippen LogP) is 4.95. The summed E-state index contributed by atoms with van der Waals surface area (Å²) in [5.74, 6) is -2.75. The quantitative estimate of drug-likeness (QED) is 0.0122. The molecule has 6 aromatic carbocycles. The Morgan fingerprint density at radius 2 is 0.736 bits per heavy atom. The summed E-state index contributed by atoms with van der Waals surface area (Å²) in [5.41, 5.74) is 31.0. The average molecular weight is 1470 g/mol. The number of carboxylic acid groups (broad SMARTS) is 1. The zero-order valence-electron chi connectivity index (χ0n) is 57.8. The first kappa shape index (κ1) is 79.1. The number of aliphatic carboxylic acids is 1. The molecule has 0 aliphatic carbocycles. The Labute approximate surface area is 609 Å². The van der Waals surface area contributed by atoms with Crippen LogP contribution in [0.3, 0.4) is 0 Å². The molecule has 5 fully saturated rings. The van der Waals surface area contributed by atoms with Gasteiger partial charge >= 0.3 is 11.9 Å². The number of hydrogen-bond acceptors (Lipinski definition) is 27. The maximum Gasteiger partial charge on any atom is 0.337 e. The molecule has 10 unspecified atom stereocenters. The second kappa shape index (κ2) is 39.2. The maximum atomic E-state index is 14.3. The molecule has 5 heterocycles. The maximum absolute atomic E-state index is 14.3. The third kappa shape index (κ3) is 19.6. The highest BCUT2D eigenvalue weighted by Gasteiger charge is 2.60. The van der Waals surface area contributed by atoms with Crippen LogP contribution in [0.25, 0.3) is 20.9 Å². The molecule has 32 nitrogen and oxygen atoms in total. The fourth-order valence-corrected chi connectivity index (χ4v) is 13.3. The van der Waals surface area contributed by atoms with Crippen molar-refractivity contribution in [3.8, 4) is 0 Å². The summed E-state index contributed by atoms with van der Waals surface area (Å²) in [6.45, 7) is -3.18. The molecule has 5 aliphatic rings. The van der Waals surface area contributed by atoms with Gasteiger partial charge in [0, 0.05) is 16.9 Å². The summed E-state index contributed by atoms with van der Waals surface area (Å²) >= 11 is 0. The normalized spacial score (nSPS) is 33.1. The summed E-state index contributed by atoms with van der Waals surface area (Å²) < 4.78 is 109. The number of methoxy groups -OCH3 is 2. The SMILES string of the molecule is COC(=O)C1O[C@@H](O[C@@H]2C(CO)O[C@H](OC)C(N=[N+]=[N-])[C@@H]2OCc2ccccc2)C(O)[C@@H](OCc2ccccc2)[C@H]1O[C@@H]1OC(CO)[C@@H](O[C@@H]2OC(C(=O)O)[C@@H](O[C@H]3OC(CO)[C@@H](OCc4ccccc4)[C@@H](OCc4ccccc4)C3N=[N+]=[N-])[C@@H](OCc3ccccc3)C2OCc2ccccc2)[C@H](O)C1N. The van der Waals surface area contributed by atoms with Crippen LogP contribution in [0.5, 0.6) is 0 Å². The van der Waals surface area contributed by atoms with Crippen LogP contribution in [-0.2, 0) is 130 Å². The third-order valence-corrected chi connectivity index (χ3v) is 18.7. The van der Waals surface area contributed by atoms with Crippen LogP contribution in [0, 0.1) is 0 Å². The lowest BCUT2D eigenvalue weighted by molar-refractivity contribution is -0.382. The average Bonchev–Trinajstić information content (AvgIpc) is 0.763. The first-order valence-corrected chi connectivity index (χ1v) is 34.4. The van der Waals surface area contributed by atoms with E-state index in [-0.39, 0.29) is 39.6 Å². The van der Waals surface area contributed by atoms with Gasteiger partial charge in [0.25, 0.3) is 0 Å². The molecule has 32 heteroatoms. The van der Waals surface area contributed by atoms with Gasteiger partial charge in [-0.05, 0) is 44.4 Å². The first-order valence-electron chi connectivity index (χ1n) is 34.4. The summed E-state index contributed by atoms with van der Waals surface area (Å²) in [4.78, 5) is 34.5. The van der Waals surface area contributed by atoms with Crippen LogP contribution in [0.1, 0.15) is 33.4 Å². The molecule has 0 radical (unpaired) electrons. The molecule has 25 atom stereocenters. The highest BCUT2D eigenvalue weighted by Crippen LogP contribution is 2.41. The molecule has 5 aliphatic heterocycles. The van der Waals surface area contributed by atoms with Crippen molar-refractivity contribution in [2.24, 2.45) is 16.0 Å². The number of carbonyl (C=O) groups excluding carboxylic acids is 1. The van der Waals surface area contributed by atoms with E-state index in [4.69, 9.17) is 86.3 Å². The molecular formula is C74H87N7O25. The molecule has 0 bridgehead atoms. The number of azide groups is 2. The number of esters is 1. The number of benzene rings is 6. The van der Waals surface area contributed by atoms with Crippen LogP contribution in [-0.4, -0.2) is 230 Å². The zero-order chi connectivity index (χ0) is 74.5. The Hall–Kier alpha value is -8.00. The lowest BCUT2D eigenvalue weighted by Crippen LogP contribution is -2.70. The molecule has 0 aromatic heterocycles. The number of nitrogens with two attached hydrogens (primary N) is 1. The standard InChI is InChI=1S/C74H87N7O25/c1-90-69(89)66-63(61(95-39-45-27-15-6-16-28-45)55(86)73(106-66)102-58-50(35-84)99-71(91-2)52(78-80-76)60(58)94-38-44-25-13-5-14-26-44)103-70-51(75)54(85)56(48(33-82)98-70)101-74-67(97-41-47-31-19-8-20-32-47)62(96-40-46-29-17-7-18-30-46)64(65(105-74)68(87)88)104-72-53(79-81-77)59(93-37-43-23-11-4-12-24-43)57(49(34-83)100-72)92-36-42-21-9-3-10-22-42/h3-32,48-67,70-74,82-86H,33-41,75H2,1-2H3,(H,87,88)/t48?,49?,50?,51?,52?,53?,54-,55?,56-,57-,58-,59+,60+,61-,62-,63-,64+,65?,66?,67?,70+,71+,72-,73-,74-/m1/s1.